The number of unbranched alkanes of at least 4 members (excludes halogenated alkanes) is 6. The molecule has 1 rings (SSSR count). The molecule has 0 bridgehead atoms. The van der Waals surface area contributed by atoms with E-state index in [9.17, 15) is 4.57 Å². The van der Waals surface area contributed by atoms with Crippen molar-refractivity contribution in [3.8, 4) is 0 Å². The summed E-state index contributed by atoms with van der Waals surface area (Å²) in [6.07, 6.45) is 14.4. The van der Waals surface area contributed by atoms with E-state index in [-0.39, 0.29) is 0 Å². The first kappa shape index (κ1) is 20.2. The molecule has 0 aliphatic heterocycles. The summed E-state index contributed by atoms with van der Waals surface area (Å²) in [5.74, 6) is 0. The third-order valence-corrected chi connectivity index (χ3v) is 6.70. The smallest absolute Gasteiger partial charge is 0.271 e. The van der Waals surface area contributed by atoms with Gasteiger partial charge in [-0.25, -0.2) is 9.76 Å². The molecule has 1 fully saturated rings. The number of rotatable bonds is 13. The molecule has 0 spiro atoms. The van der Waals surface area contributed by atoms with Crippen LogP contribution in [0.3, 0.4) is 0 Å². The van der Waals surface area contributed by atoms with Crippen LogP contribution in [0.4, 0.5) is 0 Å². The normalized spacial score (nSPS) is 18.9. The highest BCUT2D eigenvalue weighted by atomic mass is 31.2. The van der Waals surface area contributed by atoms with Crippen LogP contribution in [0.25, 0.3) is 0 Å². The maximum Gasteiger partial charge on any atom is 0.279 e. The van der Waals surface area contributed by atoms with Crippen molar-refractivity contribution < 1.29 is 4.57 Å². The zero-order chi connectivity index (χ0) is 16.3. The summed E-state index contributed by atoms with van der Waals surface area (Å²) in [6.45, 7) is 6.10. The minimum atomic E-state index is -2.87. The lowest BCUT2D eigenvalue weighted by atomic mass is 10.2. The van der Waals surface area contributed by atoms with Gasteiger partial charge in [0.25, 0.3) is 7.59 Å². The molecule has 5 heteroatoms. The van der Waals surface area contributed by atoms with Crippen LogP contribution in [0, 0.1) is 0 Å². The Balaban J connectivity index is 2.45. The number of hydrogen-bond donors (Lipinski definition) is 2. The molecule has 22 heavy (non-hydrogen) atoms. The molecule has 3 N–H and O–H groups in total. The van der Waals surface area contributed by atoms with Gasteiger partial charge in [0, 0.05) is 19.1 Å². The van der Waals surface area contributed by atoms with Crippen LogP contribution in [0.5, 0.6) is 0 Å². The quantitative estimate of drug-likeness (QED) is 0.366. The molecule has 0 aromatic carbocycles. The van der Waals surface area contributed by atoms with E-state index in [1.807, 2.05) is 0 Å². The first-order valence-corrected chi connectivity index (χ1v) is 11.3. The summed E-state index contributed by atoms with van der Waals surface area (Å²) < 4.78 is 15.1. The molecule has 0 aromatic rings. The third-order valence-electron chi connectivity index (χ3n) is 4.74. The van der Waals surface area contributed by atoms with Crippen molar-refractivity contribution in [1.82, 2.24) is 9.76 Å². The molecule has 1 atom stereocenters. The van der Waals surface area contributed by atoms with E-state index in [1.165, 1.54) is 51.4 Å². The van der Waals surface area contributed by atoms with Gasteiger partial charge < -0.3 is 0 Å². The standard InChI is InChI=1S/C17H38N3OP/c1-3-5-7-11-15-19-22(18,21)20(16-12-8-6-4-2)17-13-9-10-14-17/h17H,3-16H2,1-2H3,(H3,18,19,21). The van der Waals surface area contributed by atoms with Gasteiger partial charge in [0.2, 0.25) is 0 Å². The van der Waals surface area contributed by atoms with E-state index in [1.54, 1.807) is 0 Å². The lowest BCUT2D eigenvalue weighted by Crippen LogP contribution is -2.39. The van der Waals surface area contributed by atoms with Gasteiger partial charge in [0.1, 0.15) is 0 Å². The van der Waals surface area contributed by atoms with Crippen LogP contribution in [-0.4, -0.2) is 23.8 Å². The van der Waals surface area contributed by atoms with Crippen LogP contribution in [0.2, 0.25) is 0 Å². The minimum Gasteiger partial charge on any atom is -0.271 e. The van der Waals surface area contributed by atoms with Crippen molar-refractivity contribution >= 4 is 7.59 Å². The molecule has 132 valence electrons. The highest BCUT2D eigenvalue weighted by Gasteiger charge is 2.33. The lowest BCUT2D eigenvalue weighted by molar-refractivity contribution is 0.307. The lowest BCUT2D eigenvalue weighted by Gasteiger charge is -2.34. The van der Waals surface area contributed by atoms with Crippen LogP contribution in [-0.2, 0) is 4.57 Å². The fraction of sp³-hybridized carbons (Fsp3) is 1.00. The number of nitrogens with two attached hydrogens (primary N) is 1. The Kier molecular flexibility index (Phi) is 10.6. The van der Waals surface area contributed by atoms with Crippen molar-refractivity contribution in [2.75, 3.05) is 13.1 Å². The average molecular weight is 331 g/mol. The van der Waals surface area contributed by atoms with Gasteiger partial charge >= 0.3 is 0 Å². The van der Waals surface area contributed by atoms with E-state index in [0.29, 0.717) is 6.04 Å². The number of nitrogens with zero attached hydrogens (tertiary/aromatic N) is 1. The van der Waals surface area contributed by atoms with Crippen molar-refractivity contribution in [2.24, 2.45) is 5.50 Å². The third kappa shape index (κ3) is 7.59. The summed E-state index contributed by atoms with van der Waals surface area (Å²) in [4.78, 5) is 0. The predicted octanol–water partition coefficient (Wildman–Crippen LogP) is 5.05. The molecule has 0 aromatic heterocycles. The molecule has 1 aliphatic rings. The first-order valence-electron chi connectivity index (χ1n) is 9.52. The summed E-state index contributed by atoms with van der Waals surface area (Å²) in [5, 5.41) is 3.20. The summed E-state index contributed by atoms with van der Waals surface area (Å²) in [6, 6.07) is 0.431. The fourth-order valence-electron chi connectivity index (χ4n) is 3.36. The largest absolute Gasteiger partial charge is 0.279 e. The molecule has 1 saturated carbocycles. The maximum absolute atomic E-state index is 13.0. The molecular weight excluding hydrogens is 293 g/mol. The van der Waals surface area contributed by atoms with Gasteiger partial charge in [-0.15, -0.1) is 0 Å². The highest BCUT2D eigenvalue weighted by Crippen LogP contribution is 2.42. The Morgan fingerprint density at radius 1 is 1.00 bits per heavy atom. The van der Waals surface area contributed by atoms with Crippen molar-refractivity contribution in [2.45, 2.75) is 96.9 Å². The topological polar surface area (TPSA) is 58.4 Å². The monoisotopic (exact) mass is 331 g/mol. The van der Waals surface area contributed by atoms with Crippen LogP contribution in [0.15, 0.2) is 0 Å². The Bertz CT molecular complexity index is 319. The van der Waals surface area contributed by atoms with Crippen LogP contribution in [0.1, 0.15) is 90.9 Å². The van der Waals surface area contributed by atoms with E-state index < -0.39 is 7.59 Å². The SMILES string of the molecule is CCCCCCNP(N)(=O)N(CCCCCC)C1CCCC1. The second kappa shape index (κ2) is 11.6. The first-order chi connectivity index (χ1) is 10.6. The van der Waals surface area contributed by atoms with Gasteiger partial charge in [-0.1, -0.05) is 65.2 Å². The summed E-state index contributed by atoms with van der Waals surface area (Å²) in [7, 11) is -2.87. The molecule has 1 aliphatic carbocycles. The summed E-state index contributed by atoms with van der Waals surface area (Å²) in [5.41, 5.74) is 6.24. The Morgan fingerprint density at radius 3 is 2.18 bits per heavy atom. The van der Waals surface area contributed by atoms with E-state index >= 15 is 0 Å². The molecule has 0 amide bonds. The summed E-state index contributed by atoms with van der Waals surface area (Å²) >= 11 is 0. The van der Waals surface area contributed by atoms with Gasteiger partial charge in [-0.2, -0.15) is 0 Å². The molecule has 0 saturated heterocycles. The van der Waals surface area contributed by atoms with Crippen molar-refractivity contribution in [3.63, 3.8) is 0 Å². The molecule has 0 radical (unpaired) electrons. The van der Waals surface area contributed by atoms with Crippen molar-refractivity contribution in [1.29, 1.82) is 0 Å². The van der Waals surface area contributed by atoms with E-state index in [4.69, 9.17) is 5.50 Å². The van der Waals surface area contributed by atoms with E-state index in [2.05, 4.69) is 23.6 Å². The van der Waals surface area contributed by atoms with Gasteiger partial charge in [-0.05, 0) is 25.7 Å². The minimum absolute atomic E-state index is 0.431. The number of nitrogens with one attached hydrogen (secondary N) is 1. The predicted molar refractivity (Wildman–Crippen MR) is 97.0 cm³/mol. The fourth-order valence-corrected chi connectivity index (χ4v) is 5.17. The Labute approximate surface area is 138 Å². The second-order valence-corrected chi connectivity index (χ2v) is 8.83. The molecule has 4 nitrogen and oxygen atoms in total. The molecular formula is C17H38N3OP. The maximum atomic E-state index is 13.0. The molecule has 0 heterocycles. The zero-order valence-electron chi connectivity index (χ0n) is 14.9. The van der Waals surface area contributed by atoms with E-state index in [0.717, 1.165) is 38.8 Å². The Hall–Kier alpha value is 0.110. The second-order valence-electron chi connectivity index (χ2n) is 6.75. The molecule has 1 unspecified atom stereocenters. The van der Waals surface area contributed by atoms with Crippen molar-refractivity contribution in [3.05, 3.63) is 0 Å². The van der Waals surface area contributed by atoms with Crippen LogP contribution >= 0.6 is 7.59 Å². The average Bonchev–Trinajstić information content (AvgIpc) is 3.00. The Morgan fingerprint density at radius 2 is 1.59 bits per heavy atom. The van der Waals surface area contributed by atoms with Crippen LogP contribution < -0.4 is 10.6 Å². The highest BCUT2D eigenvalue weighted by molar-refractivity contribution is 7.56. The zero-order valence-corrected chi connectivity index (χ0v) is 15.8. The number of hydrogen-bond acceptors (Lipinski definition) is 1. The van der Waals surface area contributed by atoms with Gasteiger partial charge in [0.15, 0.2) is 0 Å². The van der Waals surface area contributed by atoms with Gasteiger partial charge in [0.05, 0.1) is 0 Å². The van der Waals surface area contributed by atoms with Gasteiger partial charge in [-0.3, -0.25) is 10.1 Å².